The molecule has 2 aromatic rings. The zero-order valence-corrected chi connectivity index (χ0v) is 11.7. The van der Waals surface area contributed by atoms with Gasteiger partial charge in [-0.15, -0.1) is 0 Å². The molecule has 0 saturated carbocycles. The number of benzene rings is 2. The third kappa shape index (κ3) is 3.76. The van der Waals surface area contributed by atoms with E-state index in [-0.39, 0.29) is 0 Å². The van der Waals surface area contributed by atoms with Crippen LogP contribution in [0.2, 0.25) is 0 Å². The summed E-state index contributed by atoms with van der Waals surface area (Å²) in [5.41, 5.74) is 2.07. The number of hydrogen-bond donors (Lipinski definition) is 0. The second kappa shape index (κ2) is 6.85. The van der Waals surface area contributed by atoms with Crippen LogP contribution in [-0.2, 0) is 4.84 Å². The lowest BCUT2D eigenvalue weighted by atomic mass is 10.1. The lowest BCUT2D eigenvalue weighted by Gasteiger charge is -2.02. The molecular formula is C15H12BrNO2. The first kappa shape index (κ1) is 13.5. The molecule has 0 bridgehead atoms. The van der Waals surface area contributed by atoms with Crippen LogP contribution in [0.4, 0.5) is 0 Å². The number of oxime groups is 1. The van der Waals surface area contributed by atoms with Gasteiger partial charge < -0.3 is 4.84 Å². The third-order valence-corrected chi connectivity index (χ3v) is 3.01. The molecule has 19 heavy (non-hydrogen) atoms. The summed E-state index contributed by atoms with van der Waals surface area (Å²) in [6.45, 7) is 0. The average molecular weight is 318 g/mol. The summed E-state index contributed by atoms with van der Waals surface area (Å²) in [6, 6.07) is 18.3. The van der Waals surface area contributed by atoms with Gasteiger partial charge in [-0.3, -0.25) is 0 Å². The van der Waals surface area contributed by atoms with Gasteiger partial charge in [-0.05, 0) is 12.1 Å². The van der Waals surface area contributed by atoms with E-state index < -0.39 is 5.97 Å². The van der Waals surface area contributed by atoms with Crippen LogP contribution in [0.5, 0.6) is 0 Å². The van der Waals surface area contributed by atoms with E-state index in [9.17, 15) is 4.79 Å². The van der Waals surface area contributed by atoms with Crippen molar-refractivity contribution in [2.45, 2.75) is 0 Å². The van der Waals surface area contributed by atoms with Crippen molar-refractivity contribution in [3.63, 3.8) is 0 Å². The summed E-state index contributed by atoms with van der Waals surface area (Å²) in [7, 11) is 0. The molecule has 0 unspecified atom stereocenters. The Balaban J connectivity index is 2.11. The van der Waals surface area contributed by atoms with Crippen LogP contribution in [0.25, 0.3) is 0 Å². The summed E-state index contributed by atoms with van der Waals surface area (Å²) in [6.07, 6.45) is 0. The Labute approximate surface area is 120 Å². The van der Waals surface area contributed by atoms with Gasteiger partial charge >= 0.3 is 5.97 Å². The third-order valence-electron chi connectivity index (χ3n) is 2.48. The Morgan fingerprint density at radius 3 is 2.00 bits per heavy atom. The molecule has 0 N–H and O–H groups in total. The number of carbonyl (C=O) groups is 1. The standard InChI is InChI=1S/C15H12BrNO2/c16-11-14(12-7-3-1-4-8-12)17-19-15(18)13-9-5-2-6-10-13/h1-10H,11H2/b17-14+. The van der Waals surface area contributed by atoms with Crippen LogP contribution < -0.4 is 0 Å². The van der Waals surface area contributed by atoms with Crippen LogP contribution >= 0.6 is 15.9 Å². The minimum atomic E-state index is -0.463. The highest BCUT2D eigenvalue weighted by atomic mass is 79.9. The summed E-state index contributed by atoms with van der Waals surface area (Å²) in [5, 5.41) is 4.42. The molecule has 0 heterocycles. The van der Waals surface area contributed by atoms with Gasteiger partial charge in [0, 0.05) is 10.9 Å². The first-order chi connectivity index (χ1) is 9.31. The number of rotatable bonds is 4. The monoisotopic (exact) mass is 317 g/mol. The van der Waals surface area contributed by atoms with E-state index >= 15 is 0 Å². The SMILES string of the molecule is O=C(O/N=C(\CBr)c1ccccc1)c1ccccc1. The van der Waals surface area contributed by atoms with Crippen molar-refractivity contribution >= 4 is 27.6 Å². The summed E-state index contributed by atoms with van der Waals surface area (Å²) < 4.78 is 0. The predicted octanol–water partition coefficient (Wildman–Crippen LogP) is 3.64. The van der Waals surface area contributed by atoms with Gasteiger partial charge in [-0.25, -0.2) is 4.79 Å². The molecule has 0 spiro atoms. The van der Waals surface area contributed by atoms with Gasteiger partial charge in [0.25, 0.3) is 0 Å². The lowest BCUT2D eigenvalue weighted by molar-refractivity contribution is 0.0516. The Hall–Kier alpha value is -1.94. The summed E-state index contributed by atoms with van der Waals surface area (Å²) >= 11 is 3.34. The van der Waals surface area contributed by atoms with Crippen molar-refractivity contribution in [3.05, 3.63) is 71.8 Å². The first-order valence-electron chi connectivity index (χ1n) is 5.76. The Morgan fingerprint density at radius 1 is 0.947 bits per heavy atom. The molecule has 96 valence electrons. The van der Waals surface area contributed by atoms with Crippen LogP contribution in [0.15, 0.2) is 65.8 Å². The molecule has 0 aromatic heterocycles. The Bertz CT molecular complexity index is 567. The van der Waals surface area contributed by atoms with Crippen molar-refractivity contribution < 1.29 is 9.63 Å². The smallest absolute Gasteiger partial charge is 0.312 e. The maximum absolute atomic E-state index is 11.8. The molecule has 0 fully saturated rings. The zero-order valence-electron chi connectivity index (χ0n) is 10.1. The molecule has 0 amide bonds. The predicted molar refractivity (Wildman–Crippen MR) is 78.6 cm³/mol. The fourth-order valence-electron chi connectivity index (χ4n) is 1.51. The molecule has 2 rings (SSSR count). The second-order valence-corrected chi connectivity index (χ2v) is 4.34. The molecule has 4 heteroatoms. The molecule has 0 atom stereocenters. The minimum Gasteiger partial charge on any atom is -0.312 e. The van der Waals surface area contributed by atoms with Crippen molar-refractivity contribution in [1.29, 1.82) is 0 Å². The van der Waals surface area contributed by atoms with Gasteiger partial charge in [0.2, 0.25) is 0 Å². The maximum Gasteiger partial charge on any atom is 0.365 e. The number of hydrogen-bond acceptors (Lipinski definition) is 3. The molecule has 0 saturated heterocycles. The minimum absolute atomic E-state index is 0.463. The quantitative estimate of drug-likeness (QED) is 0.374. The highest BCUT2D eigenvalue weighted by Crippen LogP contribution is 2.06. The van der Waals surface area contributed by atoms with Crippen molar-refractivity contribution in [3.8, 4) is 0 Å². The highest BCUT2D eigenvalue weighted by Gasteiger charge is 2.07. The van der Waals surface area contributed by atoms with E-state index in [1.165, 1.54) is 0 Å². The number of alkyl halides is 1. The normalized spacial score (nSPS) is 11.1. The second-order valence-electron chi connectivity index (χ2n) is 3.78. The van der Waals surface area contributed by atoms with Crippen molar-refractivity contribution in [1.82, 2.24) is 0 Å². The van der Waals surface area contributed by atoms with Crippen molar-refractivity contribution in [2.75, 3.05) is 5.33 Å². The Morgan fingerprint density at radius 2 is 1.47 bits per heavy atom. The molecule has 2 aromatic carbocycles. The van der Waals surface area contributed by atoms with E-state index in [4.69, 9.17) is 4.84 Å². The van der Waals surface area contributed by atoms with E-state index in [1.54, 1.807) is 24.3 Å². The highest BCUT2D eigenvalue weighted by molar-refractivity contribution is 9.09. The molecule has 0 aliphatic heterocycles. The zero-order chi connectivity index (χ0) is 13.5. The summed E-state index contributed by atoms with van der Waals surface area (Å²) in [5.74, 6) is -0.463. The van der Waals surface area contributed by atoms with Crippen LogP contribution in [0, 0.1) is 0 Å². The lowest BCUT2D eigenvalue weighted by Crippen LogP contribution is -2.07. The Kier molecular flexibility index (Phi) is 4.86. The van der Waals surface area contributed by atoms with Crippen LogP contribution in [0.3, 0.4) is 0 Å². The number of nitrogens with zero attached hydrogens (tertiary/aromatic N) is 1. The van der Waals surface area contributed by atoms with Crippen LogP contribution in [0.1, 0.15) is 15.9 Å². The number of carbonyl (C=O) groups excluding carboxylic acids is 1. The molecule has 0 aliphatic carbocycles. The van der Waals surface area contributed by atoms with Gasteiger partial charge in [-0.1, -0.05) is 69.6 Å². The fraction of sp³-hybridized carbons (Fsp3) is 0.0667. The van der Waals surface area contributed by atoms with Gasteiger partial charge in [-0.2, -0.15) is 0 Å². The largest absolute Gasteiger partial charge is 0.365 e. The fourth-order valence-corrected chi connectivity index (χ4v) is 1.93. The van der Waals surface area contributed by atoms with Gasteiger partial charge in [0.05, 0.1) is 11.3 Å². The maximum atomic E-state index is 11.8. The molecule has 3 nitrogen and oxygen atoms in total. The van der Waals surface area contributed by atoms with Gasteiger partial charge in [0.1, 0.15) is 0 Å². The van der Waals surface area contributed by atoms with E-state index in [0.717, 1.165) is 5.56 Å². The average Bonchev–Trinajstić information content (AvgIpc) is 2.49. The van der Waals surface area contributed by atoms with E-state index in [1.807, 2.05) is 36.4 Å². The van der Waals surface area contributed by atoms with Crippen molar-refractivity contribution in [2.24, 2.45) is 5.16 Å². The van der Waals surface area contributed by atoms with E-state index in [0.29, 0.717) is 16.6 Å². The van der Waals surface area contributed by atoms with Crippen LogP contribution in [-0.4, -0.2) is 17.0 Å². The molecular weight excluding hydrogens is 306 g/mol. The summed E-state index contributed by atoms with van der Waals surface area (Å²) in [4.78, 5) is 16.7. The van der Waals surface area contributed by atoms with Gasteiger partial charge in [0.15, 0.2) is 0 Å². The topological polar surface area (TPSA) is 38.7 Å². The number of halogens is 1. The molecule has 0 aliphatic rings. The first-order valence-corrected chi connectivity index (χ1v) is 6.88. The molecule has 0 radical (unpaired) electrons. The van der Waals surface area contributed by atoms with E-state index in [2.05, 4.69) is 21.1 Å².